The van der Waals surface area contributed by atoms with E-state index in [1.165, 1.54) is 11.1 Å². The Morgan fingerprint density at radius 2 is 2.04 bits per heavy atom. The summed E-state index contributed by atoms with van der Waals surface area (Å²) in [6.45, 7) is 4.54. The standard InChI is InChI=1S/C17H19N5O/c1-12-5-4-6-14(9-12)10-22-8-7-16(20-22)18-17(23)15-11-21(3)19-13(15)2/h4-9,11H,10H2,1-3H3,(H,18,20,23). The number of carbonyl (C=O) groups is 1. The van der Waals surface area contributed by atoms with Crippen LogP contribution in [0.15, 0.2) is 42.7 Å². The van der Waals surface area contributed by atoms with Crippen LogP contribution >= 0.6 is 0 Å². The number of rotatable bonds is 4. The molecule has 6 heteroatoms. The van der Waals surface area contributed by atoms with Gasteiger partial charge in [0.05, 0.1) is 17.8 Å². The first-order chi connectivity index (χ1) is 11.0. The second-order valence-corrected chi connectivity index (χ2v) is 5.64. The third kappa shape index (κ3) is 3.48. The van der Waals surface area contributed by atoms with Crippen LogP contribution < -0.4 is 5.32 Å². The minimum absolute atomic E-state index is 0.198. The van der Waals surface area contributed by atoms with Gasteiger partial charge in [-0.15, -0.1) is 0 Å². The number of hydrogen-bond donors (Lipinski definition) is 1. The number of aryl methyl sites for hydroxylation is 3. The molecule has 0 bridgehead atoms. The molecule has 0 saturated heterocycles. The number of nitrogens with zero attached hydrogens (tertiary/aromatic N) is 4. The number of benzene rings is 1. The van der Waals surface area contributed by atoms with Crippen LogP contribution in [-0.4, -0.2) is 25.5 Å². The summed E-state index contributed by atoms with van der Waals surface area (Å²) in [7, 11) is 1.79. The van der Waals surface area contributed by atoms with Crippen LogP contribution in [-0.2, 0) is 13.6 Å². The minimum Gasteiger partial charge on any atom is -0.305 e. The van der Waals surface area contributed by atoms with Crippen molar-refractivity contribution in [3.8, 4) is 0 Å². The molecule has 3 aromatic rings. The lowest BCUT2D eigenvalue weighted by Gasteiger charge is -2.03. The maximum atomic E-state index is 12.2. The fourth-order valence-electron chi connectivity index (χ4n) is 2.52. The maximum absolute atomic E-state index is 12.2. The third-order valence-electron chi connectivity index (χ3n) is 3.57. The molecule has 0 spiro atoms. The molecule has 1 N–H and O–H groups in total. The second kappa shape index (κ2) is 6.08. The molecule has 0 aliphatic carbocycles. The van der Waals surface area contributed by atoms with Crippen molar-refractivity contribution in [2.45, 2.75) is 20.4 Å². The van der Waals surface area contributed by atoms with Gasteiger partial charge in [-0.25, -0.2) is 0 Å². The quantitative estimate of drug-likeness (QED) is 0.805. The van der Waals surface area contributed by atoms with E-state index in [2.05, 4.69) is 40.6 Å². The largest absolute Gasteiger partial charge is 0.305 e. The molecular formula is C17H19N5O. The molecule has 0 aliphatic heterocycles. The van der Waals surface area contributed by atoms with Gasteiger partial charge in [0, 0.05) is 25.5 Å². The summed E-state index contributed by atoms with van der Waals surface area (Å²) in [4.78, 5) is 12.2. The van der Waals surface area contributed by atoms with Crippen molar-refractivity contribution in [1.29, 1.82) is 0 Å². The van der Waals surface area contributed by atoms with Crippen molar-refractivity contribution in [2.24, 2.45) is 7.05 Å². The van der Waals surface area contributed by atoms with Gasteiger partial charge in [0.15, 0.2) is 5.82 Å². The van der Waals surface area contributed by atoms with E-state index < -0.39 is 0 Å². The van der Waals surface area contributed by atoms with Gasteiger partial charge in [0.1, 0.15) is 0 Å². The summed E-state index contributed by atoms with van der Waals surface area (Å²) in [6.07, 6.45) is 3.56. The van der Waals surface area contributed by atoms with Crippen molar-refractivity contribution in [3.63, 3.8) is 0 Å². The topological polar surface area (TPSA) is 64.7 Å². The van der Waals surface area contributed by atoms with Crippen LogP contribution in [0.25, 0.3) is 0 Å². The van der Waals surface area contributed by atoms with E-state index in [1.54, 1.807) is 28.7 Å². The number of amides is 1. The van der Waals surface area contributed by atoms with Gasteiger partial charge >= 0.3 is 0 Å². The summed E-state index contributed by atoms with van der Waals surface area (Å²) in [5.74, 6) is 0.335. The number of anilines is 1. The maximum Gasteiger partial charge on any atom is 0.260 e. The highest BCUT2D eigenvalue weighted by atomic mass is 16.1. The predicted molar refractivity (Wildman–Crippen MR) is 88.4 cm³/mol. The van der Waals surface area contributed by atoms with Crippen LogP contribution in [0.2, 0.25) is 0 Å². The first kappa shape index (κ1) is 15.0. The molecule has 6 nitrogen and oxygen atoms in total. The molecular weight excluding hydrogens is 290 g/mol. The Bertz CT molecular complexity index is 846. The monoisotopic (exact) mass is 309 g/mol. The summed E-state index contributed by atoms with van der Waals surface area (Å²) in [5, 5.41) is 11.4. The number of carbonyl (C=O) groups excluding carboxylic acids is 1. The first-order valence-electron chi connectivity index (χ1n) is 7.42. The number of aromatic nitrogens is 4. The highest BCUT2D eigenvalue weighted by Crippen LogP contribution is 2.11. The van der Waals surface area contributed by atoms with Crippen LogP contribution in [0.5, 0.6) is 0 Å². The highest BCUT2D eigenvalue weighted by molar-refractivity contribution is 6.04. The lowest BCUT2D eigenvalue weighted by molar-refractivity contribution is 0.102. The van der Waals surface area contributed by atoms with Gasteiger partial charge < -0.3 is 5.32 Å². The van der Waals surface area contributed by atoms with E-state index in [0.29, 0.717) is 23.6 Å². The fourth-order valence-corrected chi connectivity index (χ4v) is 2.52. The zero-order chi connectivity index (χ0) is 16.4. The number of nitrogens with one attached hydrogen (secondary N) is 1. The summed E-state index contributed by atoms with van der Waals surface area (Å²) in [5.41, 5.74) is 3.65. The Kier molecular flexibility index (Phi) is 3.97. The average molecular weight is 309 g/mol. The lowest BCUT2D eigenvalue weighted by Crippen LogP contribution is -2.13. The average Bonchev–Trinajstić information content (AvgIpc) is 3.05. The van der Waals surface area contributed by atoms with Crippen LogP contribution in [0.3, 0.4) is 0 Å². The van der Waals surface area contributed by atoms with E-state index >= 15 is 0 Å². The molecule has 0 atom stereocenters. The van der Waals surface area contributed by atoms with Gasteiger partial charge in [0.2, 0.25) is 0 Å². The van der Waals surface area contributed by atoms with Gasteiger partial charge in [0.25, 0.3) is 5.91 Å². The highest BCUT2D eigenvalue weighted by Gasteiger charge is 2.13. The fraction of sp³-hybridized carbons (Fsp3) is 0.235. The van der Waals surface area contributed by atoms with Gasteiger partial charge in [-0.3, -0.25) is 14.2 Å². The Labute approximate surface area is 134 Å². The predicted octanol–water partition coefficient (Wildman–Crippen LogP) is 2.53. The van der Waals surface area contributed by atoms with Crippen molar-refractivity contribution >= 4 is 11.7 Å². The first-order valence-corrected chi connectivity index (χ1v) is 7.42. The third-order valence-corrected chi connectivity index (χ3v) is 3.57. The summed E-state index contributed by atoms with van der Waals surface area (Å²) in [6, 6.07) is 10.1. The molecule has 1 aromatic carbocycles. The SMILES string of the molecule is Cc1cccc(Cn2ccc(NC(=O)c3cn(C)nc3C)n2)c1. The molecule has 2 heterocycles. The van der Waals surface area contributed by atoms with Crippen LogP contribution in [0.4, 0.5) is 5.82 Å². The summed E-state index contributed by atoms with van der Waals surface area (Å²) >= 11 is 0. The molecule has 1 amide bonds. The van der Waals surface area contributed by atoms with Crippen molar-refractivity contribution in [1.82, 2.24) is 19.6 Å². The van der Waals surface area contributed by atoms with Crippen LogP contribution in [0.1, 0.15) is 27.2 Å². The molecule has 23 heavy (non-hydrogen) atoms. The minimum atomic E-state index is -0.198. The molecule has 0 radical (unpaired) electrons. The summed E-state index contributed by atoms with van der Waals surface area (Å²) < 4.78 is 3.43. The Balaban J connectivity index is 1.70. The van der Waals surface area contributed by atoms with Gasteiger partial charge in [-0.2, -0.15) is 10.2 Å². The Morgan fingerprint density at radius 3 is 2.74 bits per heavy atom. The van der Waals surface area contributed by atoms with E-state index in [4.69, 9.17) is 0 Å². The van der Waals surface area contributed by atoms with E-state index in [0.717, 1.165) is 0 Å². The van der Waals surface area contributed by atoms with E-state index in [-0.39, 0.29) is 5.91 Å². The molecule has 2 aromatic heterocycles. The Hall–Kier alpha value is -2.89. The van der Waals surface area contributed by atoms with Gasteiger partial charge in [-0.05, 0) is 19.4 Å². The molecule has 0 aliphatic rings. The zero-order valence-electron chi connectivity index (χ0n) is 13.4. The zero-order valence-corrected chi connectivity index (χ0v) is 13.4. The van der Waals surface area contributed by atoms with E-state index in [1.807, 2.05) is 19.2 Å². The smallest absolute Gasteiger partial charge is 0.260 e. The number of hydrogen-bond acceptors (Lipinski definition) is 3. The molecule has 3 rings (SSSR count). The van der Waals surface area contributed by atoms with E-state index in [9.17, 15) is 4.79 Å². The molecule has 0 saturated carbocycles. The van der Waals surface area contributed by atoms with Crippen LogP contribution in [0, 0.1) is 13.8 Å². The molecule has 0 unspecified atom stereocenters. The second-order valence-electron chi connectivity index (χ2n) is 5.64. The van der Waals surface area contributed by atoms with Crippen molar-refractivity contribution in [3.05, 3.63) is 65.1 Å². The Morgan fingerprint density at radius 1 is 1.22 bits per heavy atom. The molecule has 0 fully saturated rings. The van der Waals surface area contributed by atoms with Crippen molar-refractivity contribution < 1.29 is 4.79 Å². The normalized spacial score (nSPS) is 10.7. The lowest BCUT2D eigenvalue weighted by atomic mass is 10.1. The van der Waals surface area contributed by atoms with Crippen molar-refractivity contribution in [2.75, 3.05) is 5.32 Å². The molecule has 118 valence electrons. The van der Waals surface area contributed by atoms with Gasteiger partial charge in [-0.1, -0.05) is 29.8 Å².